The summed E-state index contributed by atoms with van der Waals surface area (Å²) in [5, 5.41) is 5.83. The highest BCUT2D eigenvalue weighted by molar-refractivity contribution is 6.30. The molecular formula is C24H21ClF4N2O. The van der Waals surface area contributed by atoms with Crippen LogP contribution in [0.1, 0.15) is 29.5 Å². The molecule has 0 aliphatic carbocycles. The molecule has 0 aliphatic rings. The minimum atomic E-state index is -4.51. The first-order valence-electron chi connectivity index (χ1n) is 9.81. The molecule has 32 heavy (non-hydrogen) atoms. The SMILES string of the molecule is CNc1ccc(C(C)C(=O)NCc2ccc(C(F)(F)F)cc2-c2cccc(Cl)c2)cc1F. The summed E-state index contributed by atoms with van der Waals surface area (Å²) < 4.78 is 53.8. The lowest BCUT2D eigenvalue weighted by Crippen LogP contribution is -2.28. The van der Waals surface area contributed by atoms with E-state index >= 15 is 0 Å². The zero-order chi connectivity index (χ0) is 23.5. The zero-order valence-electron chi connectivity index (χ0n) is 17.4. The molecule has 1 amide bonds. The Balaban J connectivity index is 1.85. The highest BCUT2D eigenvalue weighted by atomic mass is 35.5. The molecule has 0 aliphatic heterocycles. The van der Waals surface area contributed by atoms with Crippen LogP contribution in [0.4, 0.5) is 23.2 Å². The van der Waals surface area contributed by atoms with Gasteiger partial charge in [-0.1, -0.05) is 35.9 Å². The van der Waals surface area contributed by atoms with E-state index < -0.39 is 23.5 Å². The van der Waals surface area contributed by atoms with E-state index in [0.29, 0.717) is 33.0 Å². The second-order valence-corrected chi connectivity index (χ2v) is 7.75. The summed E-state index contributed by atoms with van der Waals surface area (Å²) >= 11 is 6.02. The molecular weight excluding hydrogens is 444 g/mol. The first-order chi connectivity index (χ1) is 15.1. The van der Waals surface area contributed by atoms with E-state index in [1.807, 2.05) is 0 Å². The summed E-state index contributed by atoms with van der Waals surface area (Å²) in [7, 11) is 1.59. The lowest BCUT2D eigenvalue weighted by atomic mass is 9.96. The van der Waals surface area contributed by atoms with E-state index in [9.17, 15) is 22.4 Å². The van der Waals surface area contributed by atoms with E-state index in [-0.39, 0.29) is 12.5 Å². The summed E-state index contributed by atoms with van der Waals surface area (Å²) in [5.74, 6) is -1.51. The van der Waals surface area contributed by atoms with Crippen LogP contribution in [0.5, 0.6) is 0 Å². The van der Waals surface area contributed by atoms with Gasteiger partial charge in [-0.25, -0.2) is 4.39 Å². The van der Waals surface area contributed by atoms with Crippen molar-refractivity contribution >= 4 is 23.2 Å². The number of anilines is 1. The van der Waals surface area contributed by atoms with Crippen LogP contribution >= 0.6 is 11.6 Å². The Bertz CT molecular complexity index is 1130. The lowest BCUT2D eigenvalue weighted by molar-refractivity contribution is -0.137. The molecule has 0 fully saturated rings. The van der Waals surface area contributed by atoms with Crippen LogP contribution in [0, 0.1) is 5.82 Å². The maximum atomic E-state index is 14.0. The molecule has 3 nitrogen and oxygen atoms in total. The molecule has 1 atom stereocenters. The van der Waals surface area contributed by atoms with Crippen LogP contribution in [-0.2, 0) is 17.5 Å². The fourth-order valence-electron chi connectivity index (χ4n) is 3.32. The molecule has 3 rings (SSSR count). The highest BCUT2D eigenvalue weighted by Gasteiger charge is 2.31. The lowest BCUT2D eigenvalue weighted by Gasteiger charge is -2.17. The predicted molar refractivity (Wildman–Crippen MR) is 118 cm³/mol. The van der Waals surface area contributed by atoms with Crippen molar-refractivity contribution in [3.05, 3.63) is 88.2 Å². The average molecular weight is 465 g/mol. The molecule has 0 spiro atoms. The van der Waals surface area contributed by atoms with Gasteiger partial charge in [-0.2, -0.15) is 13.2 Å². The molecule has 1 unspecified atom stereocenters. The monoisotopic (exact) mass is 464 g/mol. The Kier molecular flexibility index (Phi) is 7.09. The van der Waals surface area contributed by atoms with Gasteiger partial charge in [-0.3, -0.25) is 4.79 Å². The van der Waals surface area contributed by atoms with Crippen LogP contribution in [0.25, 0.3) is 11.1 Å². The average Bonchev–Trinajstić information content (AvgIpc) is 2.76. The number of amides is 1. The van der Waals surface area contributed by atoms with Gasteiger partial charge < -0.3 is 10.6 Å². The van der Waals surface area contributed by atoms with Gasteiger partial charge >= 0.3 is 6.18 Å². The third-order valence-electron chi connectivity index (χ3n) is 5.18. The Hall–Kier alpha value is -3.06. The van der Waals surface area contributed by atoms with Crippen molar-refractivity contribution in [2.45, 2.75) is 25.6 Å². The van der Waals surface area contributed by atoms with Crippen molar-refractivity contribution in [2.24, 2.45) is 0 Å². The van der Waals surface area contributed by atoms with Crippen LogP contribution in [0.3, 0.4) is 0 Å². The third-order valence-corrected chi connectivity index (χ3v) is 5.42. The summed E-state index contributed by atoms with van der Waals surface area (Å²) in [6.07, 6.45) is -4.51. The molecule has 0 bridgehead atoms. The molecule has 2 N–H and O–H groups in total. The standard InChI is InChI=1S/C24H21ClF4N2O/c1-14(15-7-9-22(30-2)21(26)11-15)23(32)31-13-17-6-8-18(24(27,28)29)12-20(17)16-4-3-5-19(25)10-16/h3-12,14,30H,13H2,1-2H3,(H,31,32). The van der Waals surface area contributed by atoms with E-state index in [1.165, 1.54) is 12.1 Å². The maximum Gasteiger partial charge on any atom is 0.416 e. The Morgan fingerprint density at radius 2 is 1.81 bits per heavy atom. The van der Waals surface area contributed by atoms with Crippen molar-refractivity contribution < 1.29 is 22.4 Å². The number of carbonyl (C=O) groups is 1. The summed E-state index contributed by atoms with van der Waals surface area (Å²) in [5.41, 5.74) is 1.33. The molecule has 0 aromatic heterocycles. The predicted octanol–water partition coefficient (Wildman–Crippen LogP) is 6.63. The van der Waals surface area contributed by atoms with Crippen LogP contribution < -0.4 is 10.6 Å². The van der Waals surface area contributed by atoms with Crippen LogP contribution in [0.2, 0.25) is 5.02 Å². The van der Waals surface area contributed by atoms with Crippen LogP contribution in [-0.4, -0.2) is 13.0 Å². The van der Waals surface area contributed by atoms with E-state index in [0.717, 1.165) is 12.1 Å². The van der Waals surface area contributed by atoms with E-state index in [4.69, 9.17) is 11.6 Å². The normalized spacial score (nSPS) is 12.3. The topological polar surface area (TPSA) is 41.1 Å². The van der Waals surface area contributed by atoms with E-state index in [1.54, 1.807) is 50.4 Å². The molecule has 0 heterocycles. The highest BCUT2D eigenvalue weighted by Crippen LogP contribution is 2.35. The fraction of sp³-hybridized carbons (Fsp3) is 0.208. The Labute approximate surface area is 188 Å². The first kappa shape index (κ1) is 23.6. The molecule has 168 valence electrons. The van der Waals surface area contributed by atoms with Crippen LogP contribution in [0.15, 0.2) is 60.7 Å². The minimum absolute atomic E-state index is 0.000237. The van der Waals surface area contributed by atoms with Crippen molar-refractivity contribution in [2.75, 3.05) is 12.4 Å². The number of benzene rings is 3. The van der Waals surface area contributed by atoms with Crippen molar-refractivity contribution in [1.82, 2.24) is 5.32 Å². The zero-order valence-corrected chi connectivity index (χ0v) is 18.1. The number of hydrogen-bond donors (Lipinski definition) is 2. The number of hydrogen-bond acceptors (Lipinski definition) is 2. The molecule has 3 aromatic carbocycles. The maximum absolute atomic E-state index is 14.0. The van der Waals surface area contributed by atoms with Gasteiger partial charge in [0.1, 0.15) is 5.82 Å². The van der Waals surface area contributed by atoms with Crippen molar-refractivity contribution in [1.29, 1.82) is 0 Å². The largest absolute Gasteiger partial charge is 0.416 e. The van der Waals surface area contributed by atoms with Crippen molar-refractivity contribution in [3.8, 4) is 11.1 Å². The molecule has 3 aromatic rings. The fourth-order valence-corrected chi connectivity index (χ4v) is 3.51. The van der Waals surface area contributed by atoms with Gasteiger partial charge in [0.15, 0.2) is 0 Å². The number of halogens is 5. The molecule has 8 heteroatoms. The number of alkyl halides is 3. The molecule has 0 saturated heterocycles. The molecule has 0 radical (unpaired) electrons. The Morgan fingerprint density at radius 3 is 2.44 bits per heavy atom. The smallest absolute Gasteiger partial charge is 0.386 e. The van der Waals surface area contributed by atoms with Gasteiger partial charge in [0, 0.05) is 18.6 Å². The van der Waals surface area contributed by atoms with E-state index in [2.05, 4.69) is 10.6 Å². The first-order valence-corrected chi connectivity index (χ1v) is 10.2. The Morgan fingerprint density at radius 1 is 1.06 bits per heavy atom. The van der Waals surface area contributed by atoms with Gasteiger partial charge in [0.2, 0.25) is 5.91 Å². The number of carbonyl (C=O) groups excluding carboxylic acids is 1. The molecule has 0 saturated carbocycles. The van der Waals surface area contributed by atoms with Crippen molar-refractivity contribution in [3.63, 3.8) is 0 Å². The summed E-state index contributed by atoms with van der Waals surface area (Å²) in [6, 6.07) is 14.3. The number of nitrogens with one attached hydrogen (secondary N) is 2. The second-order valence-electron chi connectivity index (χ2n) is 7.31. The summed E-state index contributed by atoms with van der Waals surface area (Å²) in [6.45, 7) is 1.63. The number of rotatable bonds is 6. The van der Waals surface area contributed by atoms with Gasteiger partial charge in [-0.05, 0) is 65.6 Å². The van der Waals surface area contributed by atoms with Gasteiger partial charge in [-0.15, -0.1) is 0 Å². The van der Waals surface area contributed by atoms with Gasteiger partial charge in [0.05, 0.1) is 17.2 Å². The van der Waals surface area contributed by atoms with Gasteiger partial charge in [0.25, 0.3) is 0 Å². The summed E-state index contributed by atoms with van der Waals surface area (Å²) in [4.78, 5) is 12.7. The second kappa shape index (κ2) is 9.61. The quantitative estimate of drug-likeness (QED) is 0.402. The third kappa shape index (κ3) is 5.40. The minimum Gasteiger partial charge on any atom is -0.386 e.